The van der Waals surface area contributed by atoms with Gasteiger partial charge in [-0.2, -0.15) is 0 Å². The van der Waals surface area contributed by atoms with Crippen molar-refractivity contribution < 1.29 is 4.79 Å². The zero-order valence-electron chi connectivity index (χ0n) is 12.5. The van der Waals surface area contributed by atoms with Gasteiger partial charge in [0.1, 0.15) is 0 Å². The van der Waals surface area contributed by atoms with Crippen LogP contribution >= 0.6 is 0 Å². The minimum Gasteiger partial charge on any atom is -0.355 e. The molecule has 2 saturated carbocycles. The predicted molar refractivity (Wildman–Crippen MR) is 82.8 cm³/mol. The van der Waals surface area contributed by atoms with Crippen molar-refractivity contribution in [1.29, 1.82) is 0 Å². The maximum absolute atomic E-state index is 12.6. The van der Waals surface area contributed by atoms with Gasteiger partial charge < -0.3 is 10.6 Å². The molecule has 4 rings (SSSR count). The molecule has 1 atom stereocenters. The summed E-state index contributed by atoms with van der Waals surface area (Å²) < 4.78 is 0. The Kier molecular flexibility index (Phi) is 3.46. The molecule has 0 spiro atoms. The highest BCUT2D eigenvalue weighted by Crippen LogP contribution is 2.48. The largest absolute Gasteiger partial charge is 0.355 e. The Labute approximate surface area is 126 Å². The Morgan fingerprint density at radius 3 is 2.62 bits per heavy atom. The third-order valence-corrected chi connectivity index (χ3v) is 5.38. The minimum absolute atomic E-state index is 0.0194. The van der Waals surface area contributed by atoms with Gasteiger partial charge in [0, 0.05) is 19.6 Å². The van der Waals surface area contributed by atoms with E-state index in [0.717, 1.165) is 37.4 Å². The smallest absolute Gasteiger partial charge is 0.228 e. The third-order valence-electron chi connectivity index (χ3n) is 5.38. The molecule has 3 nitrogen and oxygen atoms in total. The lowest BCUT2D eigenvalue weighted by Gasteiger charge is -2.26. The molecular weight excluding hydrogens is 260 g/mol. The monoisotopic (exact) mass is 284 g/mol. The van der Waals surface area contributed by atoms with Crippen LogP contribution in [0, 0.1) is 17.8 Å². The maximum atomic E-state index is 12.6. The summed E-state index contributed by atoms with van der Waals surface area (Å²) in [6.45, 7) is 2.54. The van der Waals surface area contributed by atoms with Gasteiger partial charge in [-0.05, 0) is 54.6 Å². The topological polar surface area (TPSA) is 41.1 Å². The highest BCUT2D eigenvalue weighted by molar-refractivity contribution is 5.84. The highest BCUT2D eigenvalue weighted by Gasteiger charge is 2.41. The van der Waals surface area contributed by atoms with Crippen LogP contribution in [0.5, 0.6) is 0 Å². The first-order chi connectivity index (χ1) is 10.3. The fourth-order valence-electron chi connectivity index (χ4n) is 3.84. The van der Waals surface area contributed by atoms with Crippen molar-refractivity contribution in [2.45, 2.75) is 38.1 Å². The van der Waals surface area contributed by atoms with Crippen LogP contribution in [-0.4, -0.2) is 19.0 Å². The van der Waals surface area contributed by atoms with Crippen LogP contribution in [0.1, 0.15) is 42.7 Å². The standard InChI is InChI=1S/C18H24N2O/c21-18(20-11-16(12-5-6-12)13-7-8-13)17-10-19-9-14-3-1-2-4-15(14)17/h1-4,12-13,16-17,19H,5-11H2,(H,20,21). The number of fused-ring (bicyclic) bond motifs is 1. The Morgan fingerprint density at radius 1 is 1.19 bits per heavy atom. The van der Waals surface area contributed by atoms with E-state index in [-0.39, 0.29) is 11.8 Å². The van der Waals surface area contributed by atoms with Crippen LogP contribution in [0.3, 0.4) is 0 Å². The van der Waals surface area contributed by atoms with E-state index in [1.807, 2.05) is 6.07 Å². The zero-order valence-corrected chi connectivity index (χ0v) is 12.5. The van der Waals surface area contributed by atoms with E-state index in [9.17, 15) is 4.79 Å². The highest BCUT2D eigenvalue weighted by atomic mass is 16.1. The first kappa shape index (κ1) is 13.3. The summed E-state index contributed by atoms with van der Waals surface area (Å²) in [5.41, 5.74) is 2.48. The molecule has 1 aromatic rings. The van der Waals surface area contributed by atoms with Gasteiger partial charge >= 0.3 is 0 Å². The van der Waals surface area contributed by atoms with Gasteiger partial charge in [-0.3, -0.25) is 4.79 Å². The summed E-state index contributed by atoms with van der Waals surface area (Å²) in [5, 5.41) is 6.63. The number of nitrogens with one attached hydrogen (secondary N) is 2. The molecule has 1 unspecified atom stereocenters. The van der Waals surface area contributed by atoms with E-state index in [4.69, 9.17) is 0 Å². The Morgan fingerprint density at radius 2 is 1.90 bits per heavy atom. The average Bonchev–Trinajstić information content (AvgIpc) is 3.39. The lowest BCUT2D eigenvalue weighted by Crippen LogP contribution is -2.41. The van der Waals surface area contributed by atoms with Crippen molar-refractivity contribution in [2.24, 2.45) is 17.8 Å². The summed E-state index contributed by atoms with van der Waals surface area (Å²) in [6.07, 6.45) is 5.52. The average molecular weight is 284 g/mol. The van der Waals surface area contributed by atoms with E-state index in [0.29, 0.717) is 0 Å². The molecule has 112 valence electrons. The quantitative estimate of drug-likeness (QED) is 0.872. The molecule has 1 heterocycles. The van der Waals surface area contributed by atoms with Crippen LogP contribution in [0.25, 0.3) is 0 Å². The number of benzene rings is 1. The lowest BCUT2D eigenvalue weighted by molar-refractivity contribution is -0.122. The Bertz CT molecular complexity index is 522. The van der Waals surface area contributed by atoms with Crippen LogP contribution in [0.2, 0.25) is 0 Å². The first-order valence-electron chi connectivity index (χ1n) is 8.39. The van der Waals surface area contributed by atoms with Crippen molar-refractivity contribution in [3.63, 3.8) is 0 Å². The molecule has 0 aromatic heterocycles. The second-order valence-electron chi connectivity index (χ2n) is 6.97. The van der Waals surface area contributed by atoms with E-state index < -0.39 is 0 Å². The summed E-state index contributed by atoms with van der Waals surface area (Å²) in [6, 6.07) is 8.33. The zero-order chi connectivity index (χ0) is 14.2. The molecule has 21 heavy (non-hydrogen) atoms. The molecule has 2 fully saturated rings. The first-order valence-corrected chi connectivity index (χ1v) is 8.39. The number of amides is 1. The van der Waals surface area contributed by atoms with Crippen molar-refractivity contribution in [1.82, 2.24) is 10.6 Å². The molecule has 3 aliphatic rings. The van der Waals surface area contributed by atoms with E-state index in [2.05, 4.69) is 28.8 Å². The van der Waals surface area contributed by atoms with Crippen molar-refractivity contribution in [3.8, 4) is 0 Å². The molecule has 0 saturated heterocycles. The number of carbonyl (C=O) groups excluding carboxylic acids is 1. The fourth-order valence-corrected chi connectivity index (χ4v) is 3.84. The SMILES string of the molecule is O=C(NCC(C1CC1)C1CC1)C1CNCc2ccccc21. The Balaban J connectivity index is 1.41. The summed E-state index contributed by atoms with van der Waals surface area (Å²) in [7, 11) is 0. The molecule has 1 amide bonds. The van der Waals surface area contributed by atoms with Crippen LogP contribution in [0.15, 0.2) is 24.3 Å². The van der Waals surface area contributed by atoms with E-state index in [1.165, 1.54) is 36.8 Å². The number of hydrogen-bond acceptors (Lipinski definition) is 2. The number of carbonyl (C=O) groups is 1. The third kappa shape index (κ3) is 2.84. The molecule has 0 bridgehead atoms. The molecule has 2 aliphatic carbocycles. The predicted octanol–water partition coefficient (Wildman–Crippen LogP) is 2.43. The number of hydrogen-bond donors (Lipinski definition) is 2. The van der Waals surface area contributed by atoms with Gasteiger partial charge in [0.2, 0.25) is 5.91 Å². The fraction of sp³-hybridized carbons (Fsp3) is 0.611. The maximum Gasteiger partial charge on any atom is 0.228 e. The summed E-state index contributed by atoms with van der Waals surface area (Å²) in [4.78, 5) is 12.6. The lowest BCUT2D eigenvalue weighted by atomic mass is 9.90. The van der Waals surface area contributed by atoms with E-state index in [1.54, 1.807) is 0 Å². The normalized spacial score (nSPS) is 24.7. The second-order valence-corrected chi connectivity index (χ2v) is 6.97. The number of rotatable bonds is 5. The van der Waals surface area contributed by atoms with Gasteiger partial charge in [-0.25, -0.2) is 0 Å². The van der Waals surface area contributed by atoms with Gasteiger partial charge in [0.05, 0.1) is 5.92 Å². The molecule has 1 aliphatic heterocycles. The van der Waals surface area contributed by atoms with Crippen molar-refractivity contribution in [3.05, 3.63) is 35.4 Å². The van der Waals surface area contributed by atoms with Crippen molar-refractivity contribution >= 4 is 5.91 Å². The van der Waals surface area contributed by atoms with Gasteiger partial charge in [0.25, 0.3) is 0 Å². The van der Waals surface area contributed by atoms with Gasteiger partial charge in [-0.1, -0.05) is 24.3 Å². The second kappa shape index (κ2) is 5.45. The molecule has 2 N–H and O–H groups in total. The van der Waals surface area contributed by atoms with Gasteiger partial charge in [0.15, 0.2) is 0 Å². The van der Waals surface area contributed by atoms with Crippen molar-refractivity contribution in [2.75, 3.05) is 13.1 Å². The molecule has 3 heteroatoms. The van der Waals surface area contributed by atoms with Crippen LogP contribution in [-0.2, 0) is 11.3 Å². The molecule has 0 radical (unpaired) electrons. The van der Waals surface area contributed by atoms with Gasteiger partial charge in [-0.15, -0.1) is 0 Å². The summed E-state index contributed by atoms with van der Waals surface area (Å²) in [5.74, 6) is 2.74. The molecular formula is C18H24N2O. The van der Waals surface area contributed by atoms with Crippen LogP contribution in [0.4, 0.5) is 0 Å². The van der Waals surface area contributed by atoms with E-state index >= 15 is 0 Å². The molecule has 1 aromatic carbocycles. The van der Waals surface area contributed by atoms with Crippen LogP contribution < -0.4 is 10.6 Å². The minimum atomic E-state index is -0.0194. The Hall–Kier alpha value is -1.35. The summed E-state index contributed by atoms with van der Waals surface area (Å²) >= 11 is 0.